The number of halogens is 1. The maximum atomic E-state index is 14.5. The van der Waals surface area contributed by atoms with Crippen LogP contribution in [0.15, 0.2) is 89.6 Å². The van der Waals surface area contributed by atoms with Gasteiger partial charge in [0.15, 0.2) is 0 Å². The van der Waals surface area contributed by atoms with Crippen molar-refractivity contribution >= 4 is 77.8 Å². The summed E-state index contributed by atoms with van der Waals surface area (Å²) in [6.45, 7) is 6.03. The van der Waals surface area contributed by atoms with Crippen molar-refractivity contribution in [1.29, 1.82) is 0 Å². The number of hydrogen-bond acceptors (Lipinski definition) is 12. The van der Waals surface area contributed by atoms with E-state index in [4.69, 9.17) is 26.1 Å². The number of nitro benzene ring substituents is 1. The summed E-state index contributed by atoms with van der Waals surface area (Å²) in [7, 11) is -4.64. The van der Waals surface area contributed by atoms with E-state index in [9.17, 15) is 23.3 Å². The molecule has 5 aliphatic rings. The Morgan fingerprint density at radius 2 is 1.75 bits per heavy atom. The van der Waals surface area contributed by atoms with Gasteiger partial charge in [-0.25, -0.2) is 13.1 Å². The predicted molar refractivity (Wildman–Crippen MR) is 257 cm³/mol. The molecule has 0 bridgehead atoms. The van der Waals surface area contributed by atoms with Crippen LogP contribution in [0.5, 0.6) is 5.88 Å². The van der Waals surface area contributed by atoms with E-state index >= 15 is 0 Å². The first kappa shape index (κ1) is 43.6. The summed E-state index contributed by atoms with van der Waals surface area (Å²) in [5.74, 6) is -0.491. The molecule has 1 spiro atoms. The highest BCUT2D eigenvalue weighted by Gasteiger charge is 2.41. The molecule has 6 heterocycles. The van der Waals surface area contributed by atoms with E-state index < -0.39 is 31.4 Å². The van der Waals surface area contributed by atoms with Crippen molar-refractivity contribution < 1.29 is 27.6 Å². The van der Waals surface area contributed by atoms with E-state index in [1.807, 2.05) is 41.3 Å². The predicted octanol–water partition coefficient (Wildman–Crippen LogP) is 8.80. The fraction of sp³-hybridized carbons (Fsp3) is 0.408. The average Bonchev–Trinajstić information content (AvgIpc) is 3.93. The molecular formula is C49H52ClN9O7S. The number of H-pyrrole nitrogens is 1. The number of amides is 1. The van der Waals surface area contributed by atoms with Crippen LogP contribution in [0.4, 0.5) is 22.7 Å². The van der Waals surface area contributed by atoms with Crippen LogP contribution >= 0.6 is 11.6 Å². The van der Waals surface area contributed by atoms with E-state index in [0.29, 0.717) is 73.9 Å². The van der Waals surface area contributed by atoms with Crippen LogP contribution < -0.4 is 19.3 Å². The summed E-state index contributed by atoms with van der Waals surface area (Å²) in [6.07, 6.45) is 12.7. The van der Waals surface area contributed by atoms with E-state index in [2.05, 4.69) is 36.7 Å². The number of aromatic amines is 1. The standard InChI is InChI=1S/C49H52ClN9O7S/c50-35-5-3-32(4-6-35)40-29-49(13-1-14-49)15-9-34(40)30-55-18-20-56(21-19-55)37-7-8-39(43(26-37)57-17-2-22-66-48-45(57)25-33-10-16-51-46(33)52-48)47(60)54-67(63,64)38-27-42-41(44(28-38)59(61)62)31-58(53-42)36-11-23-65-24-12-36/h3-8,10,16,25-28,31,36H,1-2,9,11-15,17-24,29-30H2,(H,51,52)(H,54,60). The van der Waals surface area contributed by atoms with Gasteiger partial charge in [-0.2, -0.15) is 10.1 Å². The van der Waals surface area contributed by atoms with Gasteiger partial charge in [-0.15, -0.1) is 0 Å². The van der Waals surface area contributed by atoms with Gasteiger partial charge in [-0.05, 0) is 116 Å². The molecular weight excluding hydrogens is 894 g/mol. The van der Waals surface area contributed by atoms with Gasteiger partial charge in [0.2, 0.25) is 5.88 Å². The lowest BCUT2D eigenvalue weighted by molar-refractivity contribution is -0.383. The normalized spacial score (nSPS) is 19.3. The molecule has 6 aromatic rings. The first-order valence-electron chi connectivity index (χ1n) is 23.3. The summed E-state index contributed by atoms with van der Waals surface area (Å²) in [5.41, 5.74) is 7.23. The Morgan fingerprint density at radius 3 is 2.51 bits per heavy atom. The molecule has 2 aliphatic carbocycles. The van der Waals surface area contributed by atoms with Crippen molar-refractivity contribution in [2.24, 2.45) is 5.41 Å². The van der Waals surface area contributed by atoms with Gasteiger partial charge < -0.3 is 24.3 Å². The van der Waals surface area contributed by atoms with Gasteiger partial charge in [0.05, 0.1) is 39.1 Å². The topological polar surface area (TPSA) is 181 Å². The molecule has 2 saturated heterocycles. The molecule has 18 heteroatoms. The van der Waals surface area contributed by atoms with Gasteiger partial charge in [-0.1, -0.05) is 35.7 Å². The molecule has 1 saturated carbocycles. The summed E-state index contributed by atoms with van der Waals surface area (Å²) < 4.78 is 43.9. The minimum atomic E-state index is -4.64. The highest BCUT2D eigenvalue weighted by molar-refractivity contribution is 7.90. The molecule has 0 atom stereocenters. The number of piperazine rings is 1. The number of pyridine rings is 1. The van der Waals surface area contributed by atoms with Crippen LogP contribution in [0.3, 0.4) is 0 Å². The molecule has 3 aromatic heterocycles. The number of nitrogens with zero attached hydrogens (tertiary/aromatic N) is 7. The summed E-state index contributed by atoms with van der Waals surface area (Å²) in [5, 5.41) is 18.7. The SMILES string of the molecule is O=C(NS(=O)(=O)c1cc([N+](=O)[O-])c2cn(C3CCOCC3)nc2c1)c1ccc(N2CCN(CC3=C(c4ccc(Cl)cc4)CC4(CCC4)CC3)CC2)cc1N1CCCOc2nc3[nH]ccc3cc21. The quantitative estimate of drug-likeness (QED) is 0.0986. The smallest absolute Gasteiger partial charge is 0.281 e. The summed E-state index contributed by atoms with van der Waals surface area (Å²) in [4.78, 5) is 40.6. The van der Waals surface area contributed by atoms with E-state index in [1.165, 1.54) is 48.5 Å². The van der Waals surface area contributed by atoms with Crippen LogP contribution in [-0.2, 0) is 14.8 Å². The first-order chi connectivity index (χ1) is 32.5. The van der Waals surface area contributed by atoms with Gasteiger partial charge in [0, 0.05) is 87.0 Å². The number of ether oxygens (including phenoxy) is 2. The number of hydrogen-bond donors (Lipinski definition) is 2. The Hall–Kier alpha value is -6.01. The number of anilines is 3. The number of carbonyl (C=O) groups excluding carboxylic acids is 1. The van der Waals surface area contributed by atoms with E-state index in [-0.39, 0.29) is 22.5 Å². The lowest BCUT2D eigenvalue weighted by Gasteiger charge is -2.47. The molecule has 11 rings (SSSR count). The fourth-order valence-electron chi connectivity index (χ4n) is 10.7. The Morgan fingerprint density at radius 1 is 0.940 bits per heavy atom. The van der Waals surface area contributed by atoms with Gasteiger partial charge >= 0.3 is 0 Å². The monoisotopic (exact) mass is 945 g/mol. The molecule has 16 nitrogen and oxygen atoms in total. The second kappa shape index (κ2) is 17.6. The van der Waals surface area contributed by atoms with Crippen LogP contribution in [0, 0.1) is 15.5 Å². The first-order valence-corrected chi connectivity index (χ1v) is 25.1. The van der Waals surface area contributed by atoms with Crippen LogP contribution in [0.1, 0.15) is 79.8 Å². The molecule has 2 N–H and O–H groups in total. The second-order valence-corrected chi connectivity index (χ2v) is 20.8. The molecule has 3 aromatic carbocycles. The van der Waals surface area contributed by atoms with Crippen molar-refractivity contribution in [1.82, 2.24) is 29.4 Å². The number of sulfonamides is 1. The Bertz CT molecular complexity index is 3040. The van der Waals surface area contributed by atoms with Crippen LogP contribution in [0.2, 0.25) is 5.02 Å². The number of benzene rings is 3. The van der Waals surface area contributed by atoms with Crippen molar-refractivity contribution in [2.45, 2.75) is 68.7 Å². The minimum absolute atomic E-state index is 0.0448. The van der Waals surface area contributed by atoms with Crippen molar-refractivity contribution in [3.63, 3.8) is 0 Å². The number of non-ortho nitro benzene ring substituents is 1. The summed E-state index contributed by atoms with van der Waals surface area (Å²) >= 11 is 6.31. The number of fused-ring (bicyclic) bond motifs is 3. The fourth-order valence-corrected chi connectivity index (χ4v) is 11.9. The molecule has 0 unspecified atom stereocenters. The lowest BCUT2D eigenvalue weighted by Crippen LogP contribution is -2.47. The van der Waals surface area contributed by atoms with E-state index in [0.717, 1.165) is 67.7 Å². The third-order valence-corrected chi connectivity index (χ3v) is 16.2. The number of carbonyl (C=O) groups is 1. The van der Waals surface area contributed by atoms with Crippen LogP contribution in [0.25, 0.3) is 27.5 Å². The highest BCUT2D eigenvalue weighted by Crippen LogP contribution is 2.55. The Kier molecular flexibility index (Phi) is 11.4. The molecule has 0 radical (unpaired) electrons. The Balaban J connectivity index is 0.892. The molecule has 3 fully saturated rings. The third-order valence-electron chi connectivity index (χ3n) is 14.6. The molecule has 3 aliphatic heterocycles. The zero-order valence-corrected chi connectivity index (χ0v) is 38.7. The van der Waals surface area contributed by atoms with Gasteiger partial charge in [-0.3, -0.25) is 24.5 Å². The highest BCUT2D eigenvalue weighted by atomic mass is 35.5. The number of rotatable bonds is 10. The third kappa shape index (κ3) is 8.51. The maximum absolute atomic E-state index is 14.5. The largest absolute Gasteiger partial charge is 0.476 e. The number of nitrogens with one attached hydrogen (secondary N) is 2. The Labute approximate surface area is 393 Å². The summed E-state index contributed by atoms with van der Waals surface area (Å²) in [6, 6.07) is 19.9. The van der Waals surface area contributed by atoms with Crippen LogP contribution in [-0.4, -0.2) is 103 Å². The molecule has 348 valence electrons. The zero-order valence-electron chi connectivity index (χ0n) is 37.1. The average molecular weight is 947 g/mol. The lowest BCUT2D eigenvalue weighted by atomic mass is 9.59. The van der Waals surface area contributed by atoms with E-state index in [1.54, 1.807) is 23.1 Å². The number of aromatic nitrogens is 4. The number of nitro groups is 1. The maximum Gasteiger partial charge on any atom is 0.281 e. The van der Waals surface area contributed by atoms with Crippen molar-refractivity contribution in [2.75, 3.05) is 68.9 Å². The van der Waals surface area contributed by atoms with Crippen molar-refractivity contribution in [3.05, 3.63) is 111 Å². The second-order valence-electron chi connectivity index (χ2n) is 18.7. The molecule has 1 amide bonds. The number of allylic oxidation sites excluding steroid dienone is 1. The van der Waals surface area contributed by atoms with Crippen molar-refractivity contribution in [3.8, 4) is 5.88 Å². The van der Waals surface area contributed by atoms with Gasteiger partial charge in [0.1, 0.15) is 16.9 Å². The molecule has 67 heavy (non-hydrogen) atoms. The zero-order chi connectivity index (χ0) is 45.9. The van der Waals surface area contributed by atoms with Gasteiger partial charge in [0.25, 0.3) is 21.6 Å². The minimum Gasteiger partial charge on any atom is -0.476 e.